The summed E-state index contributed by atoms with van der Waals surface area (Å²) in [5.74, 6) is -0.164. The number of amides is 2. The Bertz CT molecular complexity index is 1140. The van der Waals surface area contributed by atoms with E-state index in [9.17, 15) is 9.59 Å². The third-order valence-electron chi connectivity index (χ3n) is 6.18. The van der Waals surface area contributed by atoms with Crippen LogP contribution in [0.4, 0.5) is 5.69 Å². The minimum absolute atomic E-state index is 0.00642. The number of fused-ring (bicyclic) bond motifs is 1. The number of aryl methyl sites for hydroxylation is 1. The summed E-state index contributed by atoms with van der Waals surface area (Å²) in [5, 5.41) is 0. The summed E-state index contributed by atoms with van der Waals surface area (Å²) in [6.45, 7) is 7.41. The van der Waals surface area contributed by atoms with Crippen LogP contribution in [0.25, 0.3) is 0 Å². The van der Waals surface area contributed by atoms with Crippen molar-refractivity contribution in [1.82, 2.24) is 24.8 Å². The molecule has 0 aliphatic carbocycles. The fourth-order valence-electron chi connectivity index (χ4n) is 4.41. The first-order chi connectivity index (χ1) is 17.0. The molecular formula is C27H32N6O2. The van der Waals surface area contributed by atoms with Crippen molar-refractivity contribution in [3.05, 3.63) is 83.7 Å². The first kappa shape index (κ1) is 24.5. The molecule has 1 aliphatic rings. The van der Waals surface area contributed by atoms with Crippen LogP contribution in [0.15, 0.2) is 61.1 Å². The number of benzene rings is 1. The number of rotatable bonds is 3. The zero-order chi connectivity index (χ0) is 24.6. The van der Waals surface area contributed by atoms with E-state index in [4.69, 9.17) is 0 Å². The highest BCUT2D eigenvalue weighted by Crippen LogP contribution is 2.24. The van der Waals surface area contributed by atoms with E-state index in [1.54, 1.807) is 13.1 Å². The lowest BCUT2D eigenvalue weighted by atomic mass is 10.1. The molecule has 0 atom stereocenters. The second-order valence-corrected chi connectivity index (χ2v) is 8.87. The number of hydrogen-bond acceptors (Lipinski definition) is 6. The average molecular weight is 473 g/mol. The zero-order valence-corrected chi connectivity index (χ0v) is 20.4. The largest absolute Gasteiger partial charge is 0.333 e. The van der Waals surface area contributed by atoms with Crippen LogP contribution in [0, 0.1) is 6.92 Å². The standard InChI is InChI=1S/C27H32N6O2/c1-21-17-30-25(18-29-21)27(35)32-15-7-13-31(20-24-10-5-6-12-28-24)14-8-16-33(22(2)34)26-11-4-3-9-23(26)19-32/h3-6,9-12,17-18H,7-8,13-16,19-20H2,1-2H3. The van der Waals surface area contributed by atoms with Gasteiger partial charge in [-0.25, -0.2) is 4.98 Å². The Kier molecular flexibility index (Phi) is 8.15. The summed E-state index contributed by atoms with van der Waals surface area (Å²) in [4.78, 5) is 45.1. The van der Waals surface area contributed by atoms with Gasteiger partial charge in [0, 0.05) is 64.3 Å². The van der Waals surface area contributed by atoms with E-state index >= 15 is 0 Å². The molecule has 0 radical (unpaired) electrons. The van der Waals surface area contributed by atoms with Crippen molar-refractivity contribution in [1.29, 1.82) is 0 Å². The normalized spacial score (nSPS) is 15.6. The van der Waals surface area contributed by atoms with Crippen molar-refractivity contribution < 1.29 is 9.59 Å². The van der Waals surface area contributed by atoms with Gasteiger partial charge in [0.15, 0.2) is 0 Å². The number of pyridine rings is 1. The maximum Gasteiger partial charge on any atom is 0.274 e. The summed E-state index contributed by atoms with van der Waals surface area (Å²) in [5.41, 5.74) is 3.90. The topological polar surface area (TPSA) is 82.5 Å². The van der Waals surface area contributed by atoms with Crippen LogP contribution in [0.1, 0.15) is 47.2 Å². The molecule has 0 N–H and O–H groups in total. The number of nitrogens with zero attached hydrogens (tertiary/aromatic N) is 6. The van der Waals surface area contributed by atoms with Crippen molar-refractivity contribution in [2.24, 2.45) is 0 Å². The highest BCUT2D eigenvalue weighted by Gasteiger charge is 2.23. The first-order valence-corrected chi connectivity index (χ1v) is 12.1. The third-order valence-corrected chi connectivity index (χ3v) is 6.18. The van der Waals surface area contributed by atoms with E-state index in [0.29, 0.717) is 25.3 Å². The molecule has 182 valence electrons. The van der Waals surface area contributed by atoms with Crippen LogP contribution in [0.3, 0.4) is 0 Å². The molecule has 0 unspecified atom stereocenters. The first-order valence-electron chi connectivity index (χ1n) is 12.1. The summed E-state index contributed by atoms with van der Waals surface area (Å²) >= 11 is 0. The molecule has 1 aliphatic heterocycles. The van der Waals surface area contributed by atoms with Gasteiger partial charge in [0.2, 0.25) is 5.91 Å². The Morgan fingerprint density at radius 1 is 0.886 bits per heavy atom. The van der Waals surface area contributed by atoms with Crippen LogP contribution in [-0.4, -0.2) is 62.7 Å². The van der Waals surface area contributed by atoms with E-state index < -0.39 is 0 Å². The number of para-hydroxylation sites is 1. The van der Waals surface area contributed by atoms with Gasteiger partial charge in [0.05, 0.1) is 17.6 Å². The molecule has 0 bridgehead atoms. The summed E-state index contributed by atoms with van der Waals surface area (Å²) < 4.78 is 0. The maximum atomic E-state index is 13.4. The molecule has 8 nitrogen and oxygen atoms in total. The van der Waals surface area contributed by atoms with Gasteiger partial charge in [-0.2, -0.15) is 0 Å². The molecular weight excluding hydrogens is 440 g/mol. The van der Waals surface area contributed by atoms with Gasteiger partial charge in [-0.1, -0.05) is 24.3 Å². The van der Waals surface area contributed by atoms with Crippen LogP contribution >= 0.6 is 0 Å². The van der Waals surface area contributed by atoms with Gasteiger partial charge in [0.1, 0.15) is 5.69 Å². The zero-order valence-electron chi connectivity index (χ0n) is 20.4. The molecule has 3 aromatic rings. The van der Waals surface area contributed by atoms with Crippen LogP contribution in [-0.2, 0) is 17.9 Å². The van der Waals surface area contributed by atoms with Crippen molar-refractivity contribution >= 4 is 17.5 Å². The number of carbonyl (C=O) groups is 2. The number of aromatic nitrogens is 3. The van der Waals surface area contributed by atoms with Gasteiger partial charge in [-0.05, 0) is 43.5 Å². The highest BCUT2D eigenvalue weighted by atomic mass is 16.2. The SMILES string of the molecule is CC(=O)N1CCCN(Cc2ccccn2)CCCN(C(=O)c2cnc(C)cn2)Cc2ccccc21. The van der Waals surface area contributed by atoms with Crippen molar-refractivity contribution in [2.45, 2.75) is 39.8 Å². The highest BCUT2D eigenvalue weighted by molar-refractivity contribution is 5.93. The fourth-order valence-corrected chi connectivity index (χ4v) is 4.41. The number of carbonyl (C=O) groups excluding carboxylic acids is 2. The molecule has 0 fully saturated rings. The van der Waals surface area contributed by atoms with Crippen molar-refractivity contribution in [2.75, 3.05) is 31.1 Å². The predicted octanol–water partition coefficient (Wildman–Crippen LogP) is 3.47. The Labute approximate surface area is 206 Å². The molecule has 3 heterocycles. The van der Waals surface area contributed by atoms with Crippen LogP contribution in [0.2, 0.25) is 0 Å². The molecule has 1 aromatic carbocycles. The van der Waals surface area contributed by atoms with E-state index in [-0.39, 0.29) is 11.8 Å². The summed E-state index contributed by atoms with van der Waals surface area (Å²) in [6, 6.07) is 13.8. The van der Waals surface area contributed by atoms with Gasteiger partial charge in [-0.3, -0.25) is 24.5 Å². The summed E-state index contributed by atoms with van der Waals surface area (Å²) in [7, 11) is 0. The van der Waals surface area contributed by atoms with Crippen molar-refractivity contribution in [3.8, 4) is 0 Å². The quantitative estimate of drug-likeness (QED) is 0.581. The molecule has 2 amide bonds. The van der Waals surface area contributed by atoms with Gasteiger partial charge >= 0.3 is 0 Å². The second-order valence-electron chi connectivity index (χ2n) is 8.87. The van der Waals surface area contributed by atoms with Gasteiger partial charge in [0.25, 0.3) is 5.91 Å². The number of anilines is 1. The van der Waals surface area contributed by atoms with E-state index in [1.807, 2.05) is 65.4 Å². The van der Waals surface area contributed by atoms with E-state index in [2.05, 4.69) is 19.9 Å². The Morgan fingerprint density at radius 3 is 2.37 bits per heavy atom. The minimum atomic E-state index is -0.157. The van der Waals surface area contributed by atoms with E-state index in [1.165, 1.54) is 6.20 Å². The molecule has 0 spiro atoms. The van der Waals surface area contributed by atoms with Crippen molar-refractivity contribution in [3.63, 3.8) is 0 Å². The molecule has 4 rings (SSSR count). The van der Waals surface area contributed by atoms with Crippen LogP contribution < -0.4 is 4.90 Å². The number of hydrogen-bond donors (Lipinski definition) is 0. The second kappa shape index (κ2) is 11.7. The third kappa shape index (κ3) is 6.48. The average Bonchev–Trinajstić information content (AvgIpc) is 2.86. The fraction of sp³-hybridized carbons (Fsp3) is 0.370. The summed E-state index contributed by atoms with van der Waals surface area (Å²) in [6.07, 6.45) is 6.63. The Balaban J connectivity index is 1.63. The molecule has 8 heteroatoms. The molecule has 2 aromatic heterocycles. The molecule has 0 saturated carbocycles. The predicted molar refractivity (Wildman–Crippen MR) is 135 cm³/mol. The molecule has 0 saturated heterocycles. The van der Waals surface area contributed by atoms with E-state index in [0.717, 1.165) is 55.1 Å². The minimum Gasteiger partial charge on any atom is -0.333 e. The van der Waals surface area contributed by atoms with Gasteiger partial charge in [-0.15, -0.1) is 0 Å². The maximum absolute atomic E-state index is 13.4. The lowest BCUT2D eigenvalue weighted by Crippen LogP contribution is -2.38. The Morgan fingerprint density at radius 2 is 1.66 bits per heavy atom. The van der Waals surface area contributed by atoms with Gasteiger partial charge < -0.3 is 9.80 Å². The van der Waals surface area contributed by atoms with Crippen LogP contribution in [0.5, 0.6) is 0 Å². The Hall–Kier alpha value is -3.65. The monoisotopic (exact) mass is 472 g/mol. The molecule has 35 heavy (non-hydrogen) atoms. The smallest absolute Gasteiger partial charge is 0.274 e. The lowest BCUT2D eigenvalue weighted by molar-refractivity contribution is -0.116. The lowest BCUT2D eigenvalue weighted by Gasteiger charge is -2.31.